The maximum Gasteiger partial charge on any atom is 0.257 e. The molecule has 0 fully saturated rings. The molecule has 0 bridgehead atoms. The Morgan fingerprint density at radius 2 is 2.10 bits per heavy atom. The minimum Gasteiger partial charge on any atom is -0.370 e. The van der Waals surface area contributed by atoms with Crippen molar-refractivity contribution in [2.75, 3.05) is 17.2 Å². The van der Waals surface area contributed by atoms with Gasteiger partial charge in [0.15, 0.2) is 0 Å². The van der Waals surface area contributed by atoms with Crippen LogP contribution in [0.5, 0.6) is 0 Å². The fourth-order valence-electron chi connectivity index (χ4n) is 1.76. The van der Waals surface area contributed by atoms with Crippen LogP contribution in [0.3, 0.4) is 0 Å². The summed E-state index contributed by atoms with van der Waals surface area (Å²) in [6.45, 7) is 4.96. The summed E-state index contributed by atoms with van der Waals surface area (Å²) < 4.78 is 0.970. The van der Waals surface area contributed by atoms with Crippen LogP contribution < -0.4 is 10.6 Å². The van der Waals surface area contributed by atoms with Gasteiger partial charge in [0, 0.05) is 22.9 Å². The lowest BCUT2D eigenvalue weighted by Gasteiger charge is -2.08. The Morgan fingerprint density at radius 3 is 2.71 bits per heavy atom. The highest BCUT2D eigenvalue weighted by Gasteiger charge is 2.07. The topological polar surface area (TPSA) is 54.0 Å². The number of carbonyl (C=O) groups is 1. The van der Waals surface area contributed by atoms with E-state index in [0.717, 1.165) is 34.5 Å². The molecule has 0 unspecified atom stereocenters. The number of aromatic nitrogens is 1. The molecule has 1 aromatic carbocycles. The standard InChI is InChI=1S/C16H18BrN3O/c1-3-8-18-15-7-5-12(10-19-15)16(21)20-13-6-4-11(2)14(17)9-13/h4-7,9-10H,3,8H2,1-2H3,(H,18,19)(H,20,21). The fraction of sp³-hybridized carbons (Fsp3) is 0.250. The maximum absolute atomic E-state index is 12.1. The van der Waals surface area contributed by atoms with Gasteiger partial charge in [0.25, 0.3) is 5.91 Å². The van der Waals surface area contributed by atoms with E-state index in [4.69, 9.17) is 0 Å². The average molecular weight is 348 g/mol. The van der Waals surface area contributed by atoms with Crippen LogP contribution in [0.1, 0.15) is 29.3 Å². The largest absolute Gasteiger partial charge is 0.370 e. The van der Waals surface area contributed by atoms with E-state index >= 15 is 0 Å². The minimum atomic E-state index is -0.166. The van der Waals surface area contributed by atoms with Crippen molar-refractivity contribution in [3.05, 3.63) is 52.1 Å². The molecule has 0 atom stereocenters. The molecule has 1 heterocycles. The van der Waals surface area contributed by atoms with Crippen molar-refractivity contribution in [3.63, 3.8) is 0 Å². The van der Waals surface area contributed by atoms with Gasteiger partial charge in [-0.25, -0.2) is 4.98 Å². The molecule has 0 saturated heterocycles. The molecular formula is C16H18BrN3O. The molecule has 2 N–H and O–H groups in total. The summed E-state index contributed by atoms with van der Waals surface area (Å²) in [5.41, 5.74) is 2.42. The van der Waals surface area contributed by atoms with Crippen molar-refractivity contribution in [1.29, 1.82) is 0 Å². The van der Waals surface area contributed by atoms with E-state index in [1.165, 1.54) is 0 Å². The number of nitrogens with one attached hydrogen (secondary N) is 2. The highest BCUT2D eigenvalue weighted by Crippen LogP contribution is 2.21. The Bertz CT molecular complexity index is 626. The minimum absolute atomic E-state index is 0.166. The third kappa shape index (κ3) is 4.29. The van der Waals surface area contributed by atoms with Crippen LogP contribution >= 0.6 is 15.9 Å². The lowest BCUT2D eigenvalue weighted by Crippen LogP contribution is -2.12. The van der Waals surface area contributed by atoms with Gasteiger partial charge in [-0.3, -0.25) is 4.79 Å². The summed E-state index contributed by atoms with van der Waals surface area (Å²) >= 11 is 3.45. The van der Waals surface area contributed by atoms with Crippen LogP contribution in [-0.2, 0) is 0 Å². The van der Waals surface area contributed by atoms with Gasteiger partial charge in [-0.1, -0.05) is 28.9 Å². The van der Waals surface area contributed by atoms with E-state index in [1.807, 2.05) is 31.2 Å². The molecule has 4 nitrogen and oxygen atoms in total. The zero-order valence-electron chi connectivity index (χ0n) is 12.1. The maximum atomic E-state index is 12.1. The number of hydrogen-bond acceptors (Lipinski definition) is 3. The number of aryl methyl sites for hydroxylation is 1. The summed E-state index contributed by atoms with van der Waals surface area (Å²) in [5.74, 6) is 0.617. The van der Waals surface area contributed by atoms with Gasteiger partial charge in [0.2, 0.25) is 0 Å². The first kappa shape index (κ1) is 15.5. The SMILES string of the molecule is CCCNc1ccc(C(=O)Nc2ccc(C)c(Br)c2)cn1. The lowest BCUT2D eigenvalue weighted by molar-refractivity contribution is 0.102. The molecule has 0 spiro atoms. The van der Waals surface area contributed by atoms with Crippen molar-refractivity contribution >= 4 is 33.3 Å². The van der Waals surface area contributed by atoms with E-state index in [1.54, 1.807) is 12.3 Å². The predicted octanol–water partition coefficient (Wildman–Crippen LogP) is 4.23. The third-order valence-electron chi connectivity index (χ3n) is 3.01. The monoisotopic (exact) mass is 347 g/mol. The Hall–Kier alpha value is -1.88. The average Bonchev–Trinajstić information content (AvgIpc) is 2.49. The number of hydrogen-bond donors (Lipinski definition) is 2. The van der Waals surface area contributed by atoms with Crippen molar-refractivity contribution in [2.45, 2.75) is 20.3 Å². The number of halogens is 1. The van der Waals surface area contributed by atoms with Crippen molar-refractivity contribution < 1.29 is 4.79 Å². The highest BCUT2D eigenvalue weighted by atomic mass is 79.9. The lowest BCUT2D eigenvalue weighted by atomic mass is 10.2. The van der Waals surface area contributed by atoms with E-state index in [0.29, 0.717) is 5.56 Å². The van der Waals surface area contributed by atoms with Crippen LogP contribution in [-0.4, -0.2) is 17.4 Å². The Kier molecular flexibility index (Phi) is 5.33. The Balaban J connectivity index is 2.04. The Labute approximate surface area is 133 Å². The zero-order valence-corrected chi connectivity index (χ0v) is 13.7. The van der Waals surface area contributed by atoms with E-state index < -0.39 is 0 Å². The Morgan fingerprint density at radius 1 is 1.29 bits per heavy atom. The number of benzene rings is 1. The fourth-order valence-corrected chi connectivity index (χ4v) is 2.14. The second-order valence-electron chi connectivity index (χ2n) is 4.78. The van der Waals surface area contributed by atoms with Crippen molar-refractivity contribution in [1.82, 2.24) is 4.98 Å². The molecule has 1 aromatic heterocycles. The van der Waals surface area contributed by atoms with Crippen LogP contribution in [0.25, 0.3) is 0 Å². The number of rotatable bonds is 5. The number of pyridine rings is 1. The summed E-state index contributed by atoms with van der Waals surface area (Å²) in [4.78, 5) is 16.4. The number of anilines is 2. The first-order chi connectivity index (χ1) is 10.1. The van der Waals surface area contributed by atoms with Gasteiger partial charge < -0.3 is 10.6 Å². The van der Waals surface area contributed by atoms with Crippen molar-refractivity contribution in [3.8, 4) is 0 Å². The second-order valence-corrected chi connectivity index (χ2v) is 5.63. The van der Waals surface area contributed by atoms with E-state index in [9.17, 15) is 4.79 Å². The molecule has 2 rings (SSSR count). The molecule has 0 aliphatic rings. The van der Waals surface area contributed by atoms with Gasteiger partial charge >= 0.3 is 0 Å². The first-order valence-electron chi connectivity index (χ1n) is 6.87. The van der Waals surface area contributed by atoms with Crippen LogP contribution in [0.2, 0.25) is 0 Å². The van der Waals surface area contributed by atoms with Gasteiger partial charge in [-0.05, 0) is 43.2 Å². The van der Waals surface area contributed by atoms with E-state index in [-0.39, 0.29) is 5.91 Å². The first-order valence-corrected chi connectivity index (χ1v) is 7.67. The van der Waals surface area contributed by atoms with Gasteiger partial charge in [-0.2, -0.15) is 0 Å². The molecule has 21 heavy (non-hydrogen) atoms. The summed E-state index contributed by atoms with van der Waals surface area (Å²) in [6.07, 6.45) is 2.61. The predicted molar refractivity (Wildman–Crippen MR) is 89.8 cm³/mol. The molecule has 0 saturated carbocycles. The molecule has 2 aromatic rings. The molecular weight excluding hydrogens is 330 g/mol. The number of nitrogens with zero attached hydrogens (tertiary/aromatic N) is 1. The number of carbonyl (C=O) groups excluding carboxylic acids is 1. The van der Waals surface area contributed by atoms with Gasteiger partial charge in [0.05, 0.1) is 5.56 Å². The highest BCUT2D eigenvalue weighted by molar-refractivity contribution is 9.10. The molecule has 110 valence electrons. The van der Waals surface area contributed by atoms with Crippen molar-refractivity contribution in [2.24, 2.45) is 0 Å². The quantitative estimate of drug-likeness (QED) is 0.850. The molecule has 1 amide bonds. The van der Waals surface area contributed by atoms with Crippen LogP contribution in [0.4, 0.5) is 11.5 Å². The molecule has 0 aliphatic heterocycles. The number of amides is 1. The van der Waals surface area contributed by atoms with E-state index in [2.05, 4.69) is 38.5 Å². The summed E-state index contributed by atoms with van der Waals surface area (Å²) in [5, 5.41) is 6.03. The summed E-state index contributed by atoms with van der Waals surface area (Å²) in [6, 6.07) is 9.30. The zero-order chi connectivity index (χ0) is 15.2. The van der Waals surface area contributed by atoms with Crippen LogP contribution in [0, 0.1) is 6.92 Å². The normalized spacial score (nSPS) is 10.2. The van der Waals surface area contributed by atoms with Crippen LogP contribution in [0.15, 0.2) is 41.0 Å². The van der Waals surface area contributed by atoms with Gasteiger partial charge in [-0.15, -0.1) is 0 Å². The molecule has 5 heteroatoms. The second kappa shape index (κ2) is 7.22. The molecule has 0 radical (unpaired) electrons. The van der Waals surface area contributed by atoms with Gasteiger partial charge in [0.1, 0.15) is 5.82 Å². The summed E-state index contributed by atoms with van der Waals surface area (Å²) in [7, 11) is 0. The molecule has 0 aliphatic carbocycles. The third-order valence-corrected chi connectivity index (χ3v) is 3.87. The smallest absolute Gasteiger partial charge is 0.257 e.